The van der Waals surface area contributed by atoms with E-state index in [1.54, 1.807) is 0 Å². The lowest BCUT2D eigenvalue weighted by Gasteiger charge is -2.26. The molecule has 3 nitrogen and oxygen atoms in total. The largest absolute Gasteiger partial charge is 0.493 e. The summed E-state index contributed by atoms with van der Waals surface area (Å²) in [6, 6.07) is 12.5. The predicted molar refractivity (Wildman–Crippen MR) is 97.2 cm³/mol. The van der Waals surface area contributed by atoms with Crippen molar-refractivity contribution < 1.29 is 14.3 Å². The van der Waals surface area contributed by atoms with Crippen molar-refractivity contribution in [3.05, 3.63) is 59.7 Å². The lowest BCUT2D eigenvalue weighted by molar-refractivity contribution is -0.151. The Balaban J connectivity index is 1.66. The van der Waals surface area contributed by atoms with Gasteiger partial charge in [-0.3, -0.25) is 4.79 Å². The van der Waals surface area contributed by atoms with Crippen molar-refractivity contribution in [1.82, 2.24) is 0 Å². The van der Waals surface area contributed by atoms with Crippen LogP contribution < -0.4 is 4.74 Å². The van der Waals surface area contributed by atoms with Gasteiger partial charge < -0.3 is 9.47 Å². The molecule has 2 aliphatic carbocycles. The molecule has 0 aromatic heterocycles. The van der Waals surface area contributed by atoms with Gasteiger partial charge in [0.15, 0.2) is 0 Å². The van der Waals surface area contributed by atoms with Crippen LogP contribution in [0.25, 0.3) is 16.8 Å². The second-order valence-corrected chi connectivity index (χ2v) is 7.03. The van der Waals surface area contributed by atoms with Crippen molar-refractivity contribution in [3.63, 3.8) is 0 Å². The van der Waals surface area contributed by atoms with E-state index >= 15 is 0 Å². The van der Waals surface area contributed by atoms with Crippen molar-refractivity contribution in [3.8, 4) is 5.75 Å². The number of benzene rings is 2. The Morgan fingerprint density at radius 2 is 2.00 bits per heavy atom. The maximum absolute atomic E-state index is 12.5. The topological polar surface area (TPSA) is 35.5 Å². The van der Waals surface area contributed by atoms with Gasteiger partial charge in [0.1, 0.15) is 5.75 Å². The summed E-state index contributed by atoms with van der Waals surface area (Å²) in [5.41, 5.74) is 2.47. The van der Waals surface area contributed by atoms with E-state index in [2.05, 4.69) is 48.6 Å². The van der Waals surface area contributed by atoms with Gasteiger partial charge in [-0.2, -0.15) is 0 Å². The molecule has 3 aliphatic rings. The Morgan fingerprint density at radius 3 is 2.88 bits per heavy atom. The highest BCUT2D eigenvalue weighted by atomic mass is 16.5. The number of carbonyl (C=O) groups excluding carboxylic acids is 1. The third kappa shape index (κ3) is 2.08. The van der Waals surface area contributed by atoms with Crippen molar-refractivity contribution in [2.24, 2.45) is 23.7 Å². The van der Waals surface area contributed by atoms with Crippen molar-refractivity contribution >= 4 is 22.8 Å². The molecule has 0 amide bonds. The average molecular weight is 332 g/mol. The zero-order chi connectivity index (χ0) is 17.0. The number of hydrogen-bond acceptors (Lipinski definition) is 3. The number of carbonyl (C=O) groups is 1. The summed E-state index contributed by atoms with van der Waals surface area (Å²) < 4.78 is 11.6. The molecule has 0 unspecified atom stereocenters. The minimum Gasteiger partial charge on any atom is -0.493 e. The molecule has 0 spiro atoms. The van der Waals surface area contributed by atoms with E-state index in [0.717, 1.165) is 11.3 Å². The summed E-state index contributed by atoms with van der Waals surface area (Å²) in [4.78, 5) is 12.5. The molecule has 5 rings (SSSR count). The molecule has 1 fully saturated rings. The molecule has 4 atom stereocenters. The number of allylic oxidation sites excluding steroid dienone is 3. The second kappa shape index (κ2) is 5.48. The molecule has 1 saturated carbocycles. The van der Waals surface area contributed by atoms with E-state index in [4.69, 9.17) is 9.47 Å². The van der Waals surface area contributed by atoms with Gasteiger partial charge in [0.2, 0.25) is 0 Å². The van der Waals surface area contributed by atoms with Crippen LogP contribution in [-0.4, -0.2) is 19.2 Å². The van der Waals surface area contributed by atoms with Gasteiger partial charge in [-0.05, 0) is 23.8 Å². The molecule has 1 heterocycles. The van der Waals surface area contributed by atoms with Crippen LogP contribution in [-0.2, 0) is 9.53 Å². The van der Waals surface area contributed by atoms with Crippen LogP contribution in [0, 0.1) is 23.7 Å². The van der Waals surface area contributed by atoms with E-state index < -0.39 is 0 Å². The van der Waals surface area contributed by atoms with Gasteiger partial charge in [0.05, 0.1) is 19.1 Å². The monoisotopic (exact) mass is 332 g/mol. The van der Waals surface area contributed by atoms with Crippen molar-refractivity contribution in [1.29, 1.82) is 0 Å². The van der Waals surface area contributed by atoms with E-state index in [1.165, 1.54) is 16.3 Å². The first-order valence-electron chi connectivity index (χ1n) is 8.99. The smallest absolute Gasteiger partial charge is 0.310 e. The molecule has 126 valence electrons. The van der Waals surface area contributed by atoms with Crippen LogP contribution in [0.1, 0.15) is 12.5 Å². The number of ether oxygens (including phenoxy) is 2. The van der Waals surface area contributed by atoms with Crippen LogP contribution >= 0.6 is 0 Å². The maximum Gasteiger partial charge on any atom is 0.310 e. The third-order valence-corrected chi connectivity index (χ3v) is 5.84. The minimum atomic E-state index is -0.123. The summed E-state index contributed by atoms with van der Waals surface area (Å²) in [6.45, 7) is 2.84. The third-order valence-electron chi connectivity index (χ3n) is 5.84. The Kier molecular flexibility index (Phi) is 3.24. The van der Waals surface area contributed by atoms with Gasteiger partial charge in [-0.1, -0.05) is 54.1 Å². The minimum absolute atomic E-state index is 0.0883. The molecule has 0 saturated heterocycles. The van der Waals surface area contributed by atoms with Crippen LogP contribution in [0.4, 0.5) is 0 Å². The molecule has 2 aromatic rings. The fourth-order valence-electron chi connectivity index (χ4n) is 4.75. The van der Waals surface area contributed by atoms with E-state index in [0.29, 0.717) is 13.2 Å². The van der Waals surface area contributed by atoms with Crippen molar-refractivity contribution in [2.75, 3.05) is 13.2 Å². The fourth-order valence-corrected chi connectivity index (χ4v) is 4.75. The molecular formula is C22H20O3. The second-order valence-electron chi connectivity index (χ2n) is 7.03. The highest BCUT2D eigenvalue weighted by molar-refractivity contribution is 5.94. The Labute approximate surface area is 146 Å². The highest BCUT2D eigenvalue weighted by Gasteiger charge is 2.52. The standard InChI is InChI=1S/C22H20O3/c1-2-24-22(23)21-16-9-8-15-17(16)11-18-14-6-4-3-5-13(14)7-10-20(18)25-12-19(15)21/h3-11,15-16,19,21H,2,12H2,1H3/b17-11-/t15-,16+,19+,21+/m0/s1. The van der Waals surface area contributed by atoms with Gasteiger partial charge in [0, 0.05) is 23.3 Å². The summed E-state index contributed by atoms with van der Waals surface area (Å²) in [5, 5.41) is 2.41. The molecule has 25 heavy (non-hydrogen) atoms. The highest BCUT2D eigenvalue weighted by Crippen LogP contribution is 2.54. The van der Waals surface area contributed by atoms with Crippen LogP contribution in [0.3, 0.4) is 0 Å². The van der Waals surface area contributed by atoms with Gasteiger partial charge in [0.25, 0.3) is 0 Å². The Hall–Kier alpha value is -2.55. The quantitative estimate of drug-likeness (QED) is 0.610. The number of rotatable bonds is 2. The van der Waals surface area contributed by atoms with E-state index in [1.807, 2.05) is 13.0 Å². The SMILES string of the molecule is CCOC(=O)[C@H]1[C@@H]2COc3ccc4ccccc4c3/C=C3\[C@H]1C=C[C@@H]32. The van der Waals surface area contributed by atoms with Crippen LogP contribution in [0.5, 0.6) is 5.75 Å². The molecule has 2 aromatic carbocycles. The van der Waals surface area contributed by atoms with E-state index in [9.17, 15) is 4.79 Å². The Bertz CT molecular complexity index is 924. The summed E-state index contributed by atoms with van der Waals surface area (Å²) in [5.74, 6) is 1.29. The van der Waals surface area contributed by atoms with Crippen LogP contribution in [0.2, 0.25) is 0 Å². The first kappa shape index (κ1) is 14.8. The van der Waals surface area contributed by atoms with Gasteiger partial charge in [-0.25, -0.2) is 0 Å². The first-order chi connectivity index (χ1) is 12.3. The van der Waals surface area contributed by atoms with E-state index in [-0.39, 0.29) is 29.6 Å². The lowest BCUT2D eigenvalue weighted by atomic mass is 9.83. The molecule has 3 heteroatoms. The predicted octanol–water partition coefficient (Wildman–Crippen LogP) is 4.23. The lowest BCUT2D eigenvalue weighted by Crippen LogP contribution is -2.33. The Morgan fingerprint density at radius 1 is 1.16 bits per heavy atom. The summed E-state index contributed by atoms with van der Waals surface area (Å²) in [7, 11) is 0. The number of hydrogen-bond donors (Lipinski definition) is 0. The van der Waals surface area contributed by atoms with Crippen molar-refractivity contribution in [2.45, 2.75) is 6.92 Å². The van der Waals surface area contributed by atoms with Crippen LogP contribution in [0.15, 0.2) is 54.1 Å². The normalized spacial score (nSPS) is 30.8. The summed E-state index contributed by atoms with van der Waals surface area (Å²) >= 11 is 0. The molecule has 4 bridgehead atoms. The maximum atomic E-state index is 12.5. The number of esters is 1. The zero-order valence-electron chi connectivity index (χ0n) is 14.1. The molecule has 0 N–H and O–H groups in total. The molecule has 0 radical (unpaired) electrons. The fraction of sp³-hybridized carbons (Fsp3) is 0.318. The zero-order valence-corrected chi connectivity index (χ0v) is 14.1. The average Bonchev–Trinajstić information content (AvgIpc) is 3.15. The first-order valence-corrected chi connectivity index (χ1v) is 8.99. The number of fused-ring (bicyclic) bond motifs is 3. The summed E-state index contributed by atoms with van der Waals surface area (Å²) in [6.07, 6.45) is 6.69. The van der Waals surface area contributed by atoms with Gasteiger partial charge >= 0.3 is 5.97 Å². The molecule has 1 aliphatic heterocycles. The van der Waals surface area contributed by atoms with Gasteiger partial charge in [-0.15, -0.1) is 0 Å². The molecular weight excluding hydrogens is 312 g/mol.